The van der Waals surface area contributed by atoms with Crippen LogP contribution >= 0.6 is 0 Å². The van der Waals surface area contributed by atoms with Gasteiger partial charge in [-0.15, -0.1) is 0 Å². The first-order valence-electron chi connectivity index (χ1n) is 7.73. The van der Waals surface area contributed by atoms with Crippen molar-refractivity contribution in [1.82, 2.24) is 0 Å². The summed E-state index contributed by atoms with van der Waals surface area (Å²) in [5.74, 6) is -1.07. The molecule has 0 saturated heterocycles. The Bertz CT molecular complexity index is 885. The maximum Gasteiger partial charge on any atom is 0.335 e. The summed E-state index contributed by atoms with van der Waals surface area (Å²) in [5.41, 5.74) is 1.91. The number of carbonyl (C=O) groups is 2. The summed E-state index contributed by atoms with van der Waals surface area (Å²) in [6.07, 6.45) is 1.03. The van der Waals surface area contributed by atoms with E-state index in [1.54, 1.807) is 12.1 Å². The molecule has 1 amide bonds. The maximum absolute atomic E-state index is 12.0. The summed E-state index contributed by atoms with van der Waals surface area (Å²) in [6, 6.07) is 20.5. The molecule has 3 rings (SSSR count). The summed E-state index contributed by atoms with van der Waals surface area (Å²) < 4.78 is 0. The number of hydrogen-bond donors (Lipinski definition) is 2. The molecular weight excluding hydrogens is 302 g/mol. The van der Waals surface area contributed by atoms with Gasteiger partial charge in [-0.2, -0.15) is 0 Å². The molecule has 0 heterocycles. The van der Waals surface area contributed by atoms with Crippen LogP contribution in [-0.4, -0.2) is 17.0 Å². The van der Waals surface area contributed by atoms with Crippen molar-refractivity contribution in [1.29, 1.82) is 0 Å². The molecule has 0 fully saturated rings. The lowest BCUT2D eigenvalue weighted by molar-refractivity contribution is -0.116. The molecule has 0 unspecified atom stereocenters. The molecule has 3 aromatic carbocycles. The molecule has 120 valence electrons. The van der Waals surface area contributed by atoms with Crippen molar-refractivity contribution in [2.75, 3.05) is 5.32 Å². The highest BCUT2D eigenvalue weighted by Crippen LogP contribution is 2.17. The first-order chi connectivity index (χ1) is 11.6. The quantitative estimate of drug-likeness (QED) is 0.744. The van der Waals surface area contributed by atoms with Gasteiger partial charge in [0, 0.05) is 12.1 Å². The Morgan fingerprint density at radius 1 is 0.875 bits per heavy atom. The summed E-state index contributed by atoms with van der Waals surface area (Å²) in [7, 11) is 0. The van der Waals surface area contributed by atoms with Crippen molar-refractivity contribution >= 4 is 28.3 Å². The molecule has 2 N–H and O–H groups in total. The Labute approximate surface area is 139 Å². The van der Waals surface area contributed by atoms with Crippen molar-refractivity contribution in [2.45, 2.75) is 12.8 Å². The molecule has 0 saturated carbocycles. The SMILES string of the molecule is O=C(CCc1ccc2ccccc2c1)Nc1ccc(C(=O)O)cc1. The topological polar surface area (TPSA) is 66.4 Å². The second-order valence-corrected chi connectivity index (χ2v) is 5.61. The third kappa shape index (κ3) is 3.79. The van der Waals surface area contributed by atoms with Gasteiger partial charge in [0.05, 0.1) is 5.56 Å². The highest BCUT2D eigenvalue weighted by Gasteiger charge is 2.06. The van der Waals surface area contributed by atoms with Gasteiger partial charge in [-0.25, -0.2) is 4.79 Å². The summed E-state index contributed by atoms with van der Waals surface area (Å²) in [4.78, 5) is 22.8. The number of rotatable bonds is 5. The van der Waals surface area contributed by atoms with Crippen LogP contribution in [0.15, 0.2) is 66.7 Å². The maximum atomic E-state index is 12.0. The predicted molar refractivity (Wildman–Crippen MR) is 94.3 cm³/mol. The average Bonchev–Trinajstić information content (AvgIpc) is 2.60. The number of amides is 1. The van der Waals surface area contributed by atoms with E-state index < -0.39 is 5.97 Å². The van der Waals surface area contributed by atoms with E-state index in [1.165, 1.54) is 22.9 Å². The molecule has 3 aromatic rings. The summed E-state index contributed by atoms with van der Waals surface area (Å²) >= 11 is 0. The number of carboxylic acid groups (broad SMARTS) is 1. The predicted octanol–water partition coefficient (Wildman–Crippen LogP) is 4.11. The Balaban J connectivity index is 1.59. The minimum atomic E-state index is -0.982. The fourth-order valence-corrected chi connectivity index (χ4v) is 2.57. The van der Waals surface area contributed by atoms with Crippen molar-refractivity contribution < 1.29 is 14.7 Å². The monoisotopic (exact) mass is 319 g/mol. The highest BCUT2D eigenvalue weighted by atomic mass is 16.4. The largest absolute Gasteiger partial charge is 0.478 e. The molecule has 4 nitrogen and oxygen atoms in total. The number of carboxylic acids is 1. The Morgan fingerprint density at radius 2 is 1.58 bits per heavy atom. The van der Waals surface area contributed by atoms with Crippen molar-refractivity contribution in [2.24, 2.45) is 0 Å². The molecule has 24 heavy (non-hydrogen) atoms. The van der Waals surface area contributed by atoms with Gasteiger partial charge in [0.15, 0.2) is 0 Å². The van der Waals surface area contributed by atoms with Crippen LogP contribution in [0.5, 0.6) is 0 Å². The number of nitrogens with one attached hydrogen (secondary N) is 1. The molecule has 0 aromatic heterocycles. The molecule has 0 aliphatic rings. The van der Waals surface area contributed by atoms with Crippen LogP contribution in [0.4, 0.5) is 5.69 Å². The number of benzene rings is 3. The van der Waals surface area contributed by atoms with Crippen LogP contribution < -0.4 is 5.32 Å². The number of aryl methyl sites for hydroxylation is 1. The second kappa shape index (κ2) is 6.96. The van der Waals surface area contributed by atoms with Crippen LogP contribution in [-0.2, 0) is 11.2 Å². The Morgan fingerprint density at radius 3 is 2.29 bits per heavy atom. The van der Waals surface area contributed by atoms with E-state index in [4.69, 9.17) is 5.11 Å². The van der Waals surface area contributed by atoms with Gasteiger partial charge in [-0.1, -0.05) is 42.5 Å². The smallest absolute Gasteiger partial charge is 0.335 e. The van der Waals surface area contributed by atoms with Crippen LogP contribution in [0.2, 0.25) is 0 Å². The molecule has 0 bridgehead atoms. The zero-order valence-corrected chi connectivity index (χ0v) is 13.0. The van der Waals surface area contributed by atoms with Crippen LogP contribution in [0, 0.1) is 0 Å². The van der Waals surface area contributed by atoms with Crippen LogP contribution in [0.25, 0.3) is 10.8 Å². The molecule has 0 radical (unpaired) electrons. The normalized spacial score (nSPS) is 10.5. The molecular formula is C20H17NO3. The third-order valence-corrected chi connectivity index (χ3v) is 3.87. The van der Waals surface area contributed by atoms with Crippen LogP contribution in [0.1, 0.15) is 22.3 Å². The molecule has 0 atom stereocenters. The zero-order chi connectivity index (χ0) is 16.9. The third-order valence-electron chi connectivity index (χ3n) is 3.87. The van der Waals surface area contributed by atoms with Gasteiger partial charge in [0.25, 0.3) is 0 Å². The minimum absolute atomic E-state index is 0.0915. The van der Waals surface area contributed by atoms with Gasteiger partial charge >= 0.3 is 5.97 Å². The lowest BCUT2D eigenvalue weighted by Gasteiger charge is -2.06. The van der Waals surface area contributed by atoms with Crippen molar-refractivity contribution in [3.8, 4) is 0 Å². The molecule has 0 aliphatic heterocycles. The first-order valence-corrected chi connectivity index (χ1v) is 7.73. The van der Waals surface area contributed by atoms with Gasteiger partial charge in [-0.3, -0.25) is 4.79 Å². The van der Waals surface area contributed by atoms with Gasteiger partial charge < -0.3 is 10.4 Å². The van der Waals surface area contributed by atoms with E-state index in [0.717, 1.165) is 5.56 Å². The highest BCUT2D eigenvalue weighted by molar-refractivity contribution is 5.92. The molecule has 0 aliphatic carbocycles. The number of aromatic carboxylic acids is 1. The van der Waals surface area contributed by atoms with Gasteiger partial charge in [-0.05, 0) is 47.0 Å². The standard InChI is InChI=1S/C20H17NO3/c22-19(21-18-10-8-16(9-11-18)20(23)24)12-6-14-5-7-15-3-1-2-4-17(15)13-14/h1-5,7-11,13H,6,12H2,(H,21,22)(H,23,24). The van der Waals surface area contributed by atoms with E-state index in [-0.39, 0.29) is 11.5 Å². The first kappa shape index (κ1) is 15.7. The second-order valence-electron chi connectivity index (χ2n) is 5.61. The van der Waals surface area contributed by atoms with E-state index in [1.807, 2.05) is 18.2 Å². The van der Waals surface area contributed by atoms with Crippen molar-refractivity contribution in [3.63, 3.8) is 0 Å². The number of anilines is 1. The Kier molecular flexibility index (Phi) is 4.57. The lowest BCUT2D eigenvalue weighted by atomic mass is 10.0. The number of carbonyl (C=O) groups excluding carboxylic acids is 1. The van der Waals surface area contributed by atoms with E-state index in [2.05, 4.69) is 29.6 Å². The van der Waals surface area contributed by atoms with Gasteiger partial charge in [0.1, 0.15) is 0 Å². The zero-order valence-electron chi connectivity index (χ0n) is 13.0. The summed E-state index contributed by atoms with van der Waals surface area (Å²) in [6.45, 7) is 0. The van der Waals surface area contributed by atoms with Gasteiger partial charge in [0.2, 0.25) is 5.91 Å². The van der Waals surface area contributed by atoms with E-state index >= 15 is 0 Å². The molecule has 4 heteroatoms. The lowest BCUT2D eigenvalue weighted by Crippen LogP contribution is -2.12. The number of fused-ring (bicyclic) bond motifs is 1. The fraction of sp³-hybridized carbons (Fsp3) is 0.100. The minimum Gasteiger partial charge on any atom is -0.478 e. The molecule has 0 spiro atoms. The van der Waals surface area contributed by atoms with E-state index in [9.17, 15) is 9.59 Å². The van der Waals surface area contributed by atoms with E-state index in [0.29, 0.717) is 18.5 Å². The Hall–Kier alpha value is -3.14. The summed E-state index contributed by atoms with van der Waals surface area (Å²) in [5, 5.41) is 14.0. The van der Waals surface area contributed by atoms with Crippen LogP contribution in [0.3, 0.4) is 0 Å². The fourth-order valence-electron chi connectivity index (χ4n) is 2.57. The van der Waals surface area contributed by atoms with Crippen molar-refractivity contribution in [3.05, 3.63) is 77.9 Å². The average molecular weight is 319 g/mol. The number of hydrogen-bond acceptors (Lipinski definition) is 2.